The van der Waals surface area contributed by atoms with Crippen molar-refractivity contribution in [3.8, 4) is 5.75 Å². The first kappa shape index (κ1) is 30.4. The number of nitrogens with two attached hydrogens (primary N) is 1. The largest absolute Gasteiger partial charge is 0.494 e. The third-order valence-corrected chi connectivity index (χ3v) is 7.32. The Kier molecular flexibility index (Phi) is 9.37. The van der Waals surface area contributed by atoms with E-state index >= 15 is 0 Å². The number of fused-ring (bicyclic) bond motifs is 1. The van der Waals surface area contributed by atoms with Crippen molar-refractivity contribution in [2.75, 3.05) is 13.2 Å². The number of hydrogen-bond donors (Lipinski definition) is 4. The van der Waals surface area contributed by atoms with Gasteiger partial charge in [0, 0.05) is 18.7 Å². The molecular formula is C26H27F3N4O6S. The lowest BCUT2D eigenvalue weighted by molar-refractivity contribution is -0.192. The van der Waals surface area contributed by atoms with E-state index in [2.05, 4.69) is 4.72 Å². The number of benzene rings is 3. The van der Waals surface area contributed by atoms with E-state index in [-0.39, 0.29) is 16.6 Å². The maximum absolute atomic E-state index is 13.0. The van der Waals surface area contributed by atoms with Crippen molar-refractivity contribution in [3.05, 3.63) is 71.8 Å². The molecular weight excluding hydrogens is 553 g/mol. The van der Waals surface area contributed by atoms with E-state index in [0.29, 0.717) is 37.4 Å². The molecule has 10 nitrogen and oxygen atoms in total. The number of nitrogen functional groups attached to an aromatic ring is 1. The summed E-state index contributed by atoms with van der Waals surface area (Å²) in [6.45, 7) is 3.17. The van der Waals surface area contributed by atoms with Gasteiger partial charge < -0.3 is 20.5 Å². The molecule has 1 aliphatic heterocycles. The van der Waals surface area contributed by atoms with Crippen LogP contribution in [0.25, 0.3) is 10.8 Å². The average molecular weight is 581 g/mol. The van der Waals surface area contributed by atoms with Crippen molar-refractivity contribution in [1.29, 1.82) is 5.41 Å². The Hall–Kier alpha value is -4.17. The second kappa shape index (κ2) is 12.3. The zero-order valence-corrected chi connectivity index (χ0v) is 22.1. The van der Waals surface area contributed by atoms with Crippen LogP contribution in [-0.2, 0) is 26.2 Å². The number of amides is 1. The van der Waals surface area contributed by atoms with E-state index in [9.17, 15) is 26.4 Å². The summed E-state index contributed by atoms with van der Waals surface area (Å²) in [5, 5.41) is 16.3. The first-order valence-electron chi connectivity index (χ1n) is 11.9. The molecule has 40 heavy (non-hydrogen) atoms. The number of carbonyl (C=O) groups is 2. The number of alkyl halides is 3. The predicted octanol–water partition coefficient (Wildman–Crippen LogP) is 3.24. The SMILES string of the molecule is CCOc1ccc2ccc(S(=O)(=O)N[C@H]3CCN(Cc4cccc(C(=N)N)c4)C3=O)cc2c1.O=C(O)C(F)(F)F. The molecule has 0 aliphatic carbocycles. The molecule has 1 saturated heterocycles. The third kappa shape index (κ3) is 7.70. The Balaban J connectivity index is 0.000000559. The number of sulfonamides is 1. The van der Waals surface area contributed by atoms with Gasteiger partial charge in [-0.2, -0.15) is 17.9 Å². The monoisotopic (exact) mass is 580 g/mol. The number of carboxylic acid groups (broad SMARTS) is 1. The Morgan fingerprint density at radius 2 is 1.82 bits per heavy atom. The third-order valence-electron chi connectivity index (χ3n) is 5.85. The Bertz CT molecular complexity index is 1530. The fourth-order valence-corrected chi connectivity index (χ4v) is 5.20. The van der Waals surface area contributed by atoms with Crippen molar-refractivity contribution in [2.45, 2.75) is 37.0 Å². The van der Waals surface area contributed by atoms with Crippen LogP contribution in [0.15, 0.2) is 65.6 Å². The van der Waals surface area contributed by atoms with E-state index in [0.717, 1.165) is 16.3 Å². The number of ether oxygens (including phenoxy) is 1. The predicted molar refractivity (Wildman–Crippen MR) is 140 cm³/mol. The van der Waals surface area contributed by atoms with Crippen molar-refractivity contribution >= 4 is 38.5 Å². The lowest BCUT2D eigenvalue weighted by atomic mass is 10.1. The zero-order chi connectivity index (χ0) is 29.7. The number of aliphatic carboxylic acids is 1. The number of carbonyl (C=O) groups excluding carboxylic acids is 1. The highest BCUT2D eigenvalue weighted by Crippen LogP contribution is 2.25. The van der Waals surface area contributed by atoms with Crippen LogP contribution in [0, 0.1) is 5.41 Å². The number of hydrogen-bond acceptors (Lipinski definition) is 6. The highest BCUT2D eigenvalue weighted by Gasteiger charge is 2.38. The van der Waals surface area contributed by atoms with E-state index in [4.69, 9.17) is 25.8 Å². The number of halogens is 3. The maximum Gasteiger partial charge on any atom is 0.490 e. The van der Waals surface area contributed by atoms with Crippen LogP contribution in [0.5, 0.6) is 5.75 Å². The molecule has 0 saturated carbocycles. The van der Waals surface area contributed by atoms with Gasteiger partial charge >= 0.3 is 12.1 Å². The lowest BCUT2D eigenvalue weighted by Gasteiger charge is -2.18. The van der Waals surface area contributed by atoms with Gasteiger partial charge in [-0.05, 0) is 60.0 Å². The molecule has 0 aromatic heterocycles. The minimum Gasteiger partial charge on any atom is -0.494 e. The van der Waals surface area contributed by atoms with Gasteiger partial charge in [0.2, 0.25) is 15.9 Å². The Morgan fingerprint density at radius 3 is 2.45 bits per heavy atom. The second-order valence-corrected chi connectivity index (χ2v) is 10.5. The van der Waals surface area contributed by atoms with Gasteiger partial charge in [0.05, 0.1) is 11.5 Å². The summed E-state index contributed by atoms with van der Waals surface area (Å²) in [6.07, 6.45) is -4.70. The molecule has 1 aliphatic rings. The normalized spacial score (nSPS) is 15.4. The number of likely N-dealkylation sites (tertiary alicyclic amines) is 1. The molecule has 14 heteroatoms. The summed E-state index contributed by atoms with van der Waals surface area (Å²) in [5.41, 5.74) is 6.96. The van der Waals surface area contributed by atoms with Crippen LogP contribution in [0.4, 0.5) is 13.2 Å². The van der Waals surface area contributed by atoms with Crippen molar-refractivity contribution in [1.82, 2.24) is 9.62 Å². The second-order valence-electron chi connectivity index (χ2n) is 8.74. The highest BCUT2D eigenvalue weighted by atomic mass is 32.2. The first-order valence-corrected chi connectivity index (χ1v) is 13.4. The van der Waals surface area contributed by atoms with Crippen LogP contribution in [0.3, 0.4) is 0 Å². The van der Waals surface area contributed by atoms with Crippen LogP contribution < -0.4 is 15.2 Å². The van der Waals surface area contributed by atoms with Gasteiger partial charge in [-0.25, -0.2) is 13.2 Å². The van der Waals surface area contributed by atoms with Crippen LogP contribution in [0.2, 0.25) is 0 Å². The number of nitrogens with zero attached hydrogens (tertiary/aromatic N) is 1. The molecule has 1 heterocycles. The van der Waals surface area contributed by atoms with Gasteiger partial charge in [-0.3, -0.25) is 10.2 Å². The molecule has 0 spiro atoms. The molecule has 0 bridgehead atoms. The van der Waals surface area contributed by atoms with Gasteiger partial charge in [-0.15, -0.1) is 0 Å². The fraction of sp³-hybridized carbons (Fsp3) is 0.269. The average Bonchev–Trinajstić information content (AvgIpc) is 3.21. The molecule has 0 radical (unpaired) electrons. The molecule has 4 rings (SSSR count). The van der Waals surface area contributed by atoms with Gasteiger partial charge in [-0.1, -0.05) is 30.3 Å². The summed E-state index contributed by atoms with van der Waals surface area (Å²) in [7, 11) is -3.89. The van der Waals surface area contributed by atoms with E-state index in [1.54, 1.807) is 41.3 Å². The van der Waals surface area contributed by atoms with E-state index < -0.39 is 28.2 Å². The first-order chi connectivity index (χ1) is 18.7. The summed E-state index contributed by atoms with van der Waals surface area (Å²) in [6, 6.07) is 16.7. The Morgan fingerprint density at radius 1 is 1.15 bits per heavy atom. The van der Waals surface area contributed by atoms with Gasteiger partial charge in [0.15, 0.2) is 0 Å². The fourth-order valence-electron chi connectivity index (χ4n) is 3.94. The Labute approximate surface area is 228 Å². The van der Waals surface area contributed by atoms with Crippen molar-refractivity contribution in [2.24, 2.45) is 5.73 Å². The molecule has 214 valence electrons. The molecule has 3 aromatic carbocycles. The van der Waals surface area contributed by atoms with Crippen LogP contribution in [0.1, 0.15) is 24.5 Å². The van der Waals surface area contributed by atoms with Crippen molar-refractivity contribution < 1.29 is 41.0 Å². The maximum atomic E-state index is 13.0. The smallest absolute Gasteiger partial charge is 0.490 e. The van der Waals surface area contributed by atoms with Crippen LogP contribution >= 0.6 is 0 Å². The standard InChI is InChI=1S/C24H26N4O4S.C2HF3O2/c1-2-32-20-8-6-17-7-9-21(14-19(17)13-20)33(30,31)27-22-10-11-28(24(22)29)15-16-4-3-5-18(12-16)23(25)26;3-2(4,5)1(6)7/h3-9,12-14,22,27H,2,10-11,15H2,1H3,(H3,25,26);(H,6,7)/t22-;/m0./s1. The number of nitrogens with one attached hydrogen (secondary N) is 2. The molecule has 1 amide bonds. The molecule has 1 fully saturated rings. The van der Waals surface area contributed by atoms with E-state index in [1.165, 1.54) is 6.07 Å². The molecule has 1 atom stereocenters. The topological polar surface area (TPSA) is 163 Å². The van der Waals surface area contributed by atoms with E-state index in [1.807, 2.05) is 25.1 Å². The highest BCUT2D eigenvalue weighted by molar-refractivity contribution is 7.89. The molecule has 0 unspecified atom stereocenters. The number of rotatable bonds is 8. The van der Waals surface area contributed by atoms with Gasteiger partial charge in [0.25, 0.3) is 0 Å². The minimum absolute atomic E-state index is 0.0426. The molecule has 5 N–H and O–H groups in total. The minimum atomic E-state index is -5.08. The summed E-state index contributed by atoms with van der Waals surface area (Å²) >= 11 is 0. The number of carboxylic acids is 1. The summed E-state index contributed by atoms with van der Waals surface area (Å²) in [4.78, 5) is 23.5. The summed E-state index contributed by atoms with van der Waals surface area (Å²) < 4.78 is 65.9. The zero-order valence-electron chi connectivity index (χ0n) is 21.2. The lowest BCUT2D eigenvalue weighted by Crippen LogP contribution is -2.41. The van der Waals surface area contributed by atoms with Crippen LogP contribution in [-0.4, -0.2) is 61.5 Å². The molecule has 3 aromatic rings. The summed E-state index contributed by atoms with van der Waals surface area (Å²) in [5.74, 6) is -2.40. The number of amidine groups is 1. The quantitative estimate of drug-likeness (QED) is 0.235. The van der Waals surface area contributed by atoms with Crippen molar-refractivity contribution in [3.63, 3.8) is 0 Å². The van der Waals surface area contributed by atoms with Gasteiger partial charge in [0.1, 0.15) is 17.6 Å².